The van der Waals surface area contributed by atoms with E-state index in [9.17, 15) is 18.5 Å². The lowest BCUT2D eigenvalue weighted by Crippen LogP contribution is -2.39. The van der Waals surface area contributed by atoms with Gasteiger partial charge in [-0.15, -0.1) is 0 Å². The Morgan fingerprint density at radius 2 is 1.68 bits per heavy atom. The maximum Gasteiger partial charge on any atom is 0.410 e. The molecule has 0 unspecified atom stereocenters. The van der Waals surface area contributed by atoms with E-state index in [4.69, 9.17) is 4.74 Å². The van der Waals surface area contributed by atoms with Gasteiger partial charge in [0.05, 0.1) is 30.1 Å². The topological polar surface area (TPSA) is 93.9 Å². The van der Waals surface area contributed by atoms with Crippen LogP contribution in [0.4, 0.5) is 16.2 Å². The lowest BCUT2D eigenvalue weighted by molar-refractivity contribution is 0.0263. The van der Waals surface area contributed by atoms with Crippen molar-refractivity contribution in [1.29, 1.82) is 5.26 Å². The summed E-state index contributed by atoms with van der Waals surface area (Å²) in [5, 5.41) is 11.1. The van der Waals surface area contributed by atoms with Crippen molar-refractivity contribution >= 4 is 38.3 Å². The summed E-state index contributed by atoms with van der Waals surface area (Å²) in [7, 11) is -3.55. The predicted molar refractivity (Wildman–Crippen MR) is 151 cm³/mol. The Labute approximate surface area is 225 Å². The average Bonchev–Trinajstić information content (AvgIpc) is 3.12. The predicted octanol–water partition coefficient (Wildman–Crippen LogP) is 5.12. The van der Waals surface area contributed by atoms with Crippen LogP contribution in [0, 0.1) is 11.3 Å². The van der Waals surface area contributed by atoms with Crippen molar-refractivity contribution in [3.63, 3.8) is 0 Å². The number of benzene rings is 3. The molecule has 0 spiro atoms. The first kappa shape index (κ1) is 27.3. The van der Waals surface area contributed by atoms with Crippen molar-refractivity contribution in [3.05, 3.63) is 71.8 Å². The van der Waals surface area contributed by atoms with Crippen LogP contribution in [0.25, 0.3) is 10.8 Å². The molecule has 0 saturated carbocycles. The molecule has 0 aromatic heterocycles. The molecule has 0 bridgehead atoms. The van der Waals surface area contributed by atoms with E-state index in [1.165, 1.54) is 10.6 Å². The molecule has 9 heteroatoms. The zero-order valence-electron chi connectivity index (χ0n) is 22.3. The van der Waals surface area contributed by atoms with Gasteiger partial charge in [-0.3, -0.25) is 4.31 Å². The molecule has 0 atom stereocenters. The van der Waals surface area contributed by atoms with Crippen molar-refractivity contribution in [2.24, 2.45) is 0 Å². The van der Waals surface area contributed by atoms with E-state index in [1.807, 2.05) is 75.4 Å². The summed E-state index contributed by atoms with van der Waals surface area (Å²) in [6, 6.07) is 20.9. The number of carbonyl (C=O) groups excluding carboxylic acids is 1. The summed E-state index contributed by atoms with van der Waals surface area (Å²) < 4.78 is 32.4. The van der Waals surface area contributed by atoms with Gasteiger partial charge < -0.3 is 14.5 Å². The van der Waals surface area contributed by atoms with E-state index in [2.05, 4.69) is 11.0 Å². The molecule has 4 rings (SSSR count). The summed E-state index contributed by atoms with van der Waals surface area (Å²) in [6.07, 6.45) is 1.72. The Kier molecular flexibility index (Phi) is 7.83. The van der Waals surface area contributed by atoms with Crippen LogP contribution in [0.2, 0.25) is 0 Å². The normalized spacial score (nSPS) is 14.6. The van der Waals surface area contributed by atoms with Crippen LogP contribution in [-0.2, 0) is 21.3 Å². The monoisotopic (exact) mass is 534 g/mol. The number of anilines is 2. The van der Waals surface area contributed by atoms with Gasteiger partial charge in [-0.25, -0.2) is 13.2 Å². The van der Waals surface area contributed by atoms with Crippen molar-refractivity contribution in [1.82, 2.24) is 4.90 Å². The third-order valence-electron chi connectivity index (χ3n) is 6.41. The van der Waals surface area contributed by atoms with Crippen LogP contribution < -0.4 is 9.21 Å². The molecule has 1 aliphatic heterocycles. The summed E-state index contributed by atoms with van der Waals surface area (Å²) in [5.41, 5.74) is 2.41. The summed E-state index contributed by atoms with van der Waals surface area (Å²) in [6.45, 7) is 8.41. The van der Waals surface area contributed by atoms with Gasteiger partial charge >= 0.3 is 6.09 Å². The van der Waals surface area contributed by atoms with Gasteiger partial charge in [0.25, 0.3) is 0 Å². The number of ether oxygens (including phenoxy) is 1. The number of amides is 1. The number of rotatable bonds is 5. The summed E-state index contributed by atoms with van der Waals surface area (Å²) in [4.78, 5) is 16.4. The molecule has 1 fully saturated rings. The largest absolute Gasteiger partial charge is 0.444 e. The molecule has 1 amide bonds. The van der Waals surface area contributed by atoms with E-state index in [-0.39, 0.29) is 12.6 Å². The molecule has 0 aliphatic carbocycles. The first-order valence-corrected chi connectivity index (χ1v) is 14.5. The average molecular weight is 535 g/mol. The van der Waals surface area contributed by atoms with E-state index in [0.29, 0.717) is 30.9 Å². The molecule has 3 aromatic carbocycles. The van der Waals surface area contributed by atoms with Crippen molar-refractivity contribution < 1.29 is 17.9 Å². The van der Waals surface area contributed by atoms with Gasteiger partial charge in [0.2, 0.25) is 10.0 Å². The van der Waals surface area contributed by atoms with E-state index >= 15 is 0 Å². The molecular weight excluding hydrogens is 500 g/mol. The van der Waals surface area contributed by atoms with E-state index in [0.717, 1.165) is 35.0 Å². The number of sulfonamides is 1. The highest BCUT2D eigenvalue weighted by molar-refractivity contribution is 7.92. The van der Waals surface area contributed by atoms with Gasteiger partial charge in [0.1, 0.15) is 5.60 Å². The molecule has 1 aliphatic rings. The number of carbonyl (C=O) groups is 1. The Morgan fingerprint density at radius 3 is 2.34 bits per heavy atom. The second kappa shape index (κ2) is 10.9. The lowest BCUT2D eigenvalue weighted by Gasteiger charge is -2.27. The number of hydrogen-bond donors (Lipinski definition) is 0. The van der Waals surface area contributed by atoms with Gasteiger partial charge in [-0.05, 0) is 86.0 Å². The molecule has 0 N–H and O–H groups in total. The SMILES string of the molecule is CC(C)(C)OC(=O)N1CCCN(c2ccc(N(Cc3ccc4ccc(C#N)cc4c3)S(C)(=O)=O)cc2)CC1. The van der Waals surface area contributed by atoms with Crippen molar-refractivity contribution in [2.45, 2.75) is 39.3 Å². The second-order valence-electron chi connectivity index (χ2n) is 10.6. The zero-order chi connectivity index (χ0) is 27.5. The van der Waals surface area contributed by atoms with Gasteiger partial charge in [-0.2, -0.15) is 5.26 Å². The number of fused-ring (bicyclic) bond motifs is 1. The highest BCUT2D eigenvalue weighted by Gasteiger charge is 2.25. The van der Waals surface area contributed by atoms with Crippen LogP contribution in [-0.4, -0.2) is 57.4 Å². The van der Waals surface area contributed by atoms with E-state index in [1.54, 1.807) is 11.0 Å². The Morgan fingerprint density at radius 1 is 0.974 bits per heavy atom. The zero-order valence-corrected chi connectivity index (χ0v) is 23.2. The molecule has 0 radical (unpaired) electrons. The second-order valence-corrected chi connectivity index (χ2v) is 12.5. The first-order valence-electron chi connectivity index (χ1n) is 12.7. The molecular formula is C29H34N4O4S. The maximum atomic E-state index is 12.8. The highest BCUT2D eigenvalue weighted by Crippen LogP contribution is 2.27. The van der Waals surface area contributed by atoms with Crippen LogP contribution in [0.1, 0.15) is 38.3 Å². The van der Waals surface area contributed by atoms with Gasteiger partial charge in [-0.1, -0.05) is 18.2 Å². The van der Waals surface area contributed by atoms with Crippen LogP contribution in [0.5, 0.6) is 0 Å². The smallest absolute Gasteiger partial charge is 0.410 e. The fourth-order valence-electron chi connectivity index (χ4n) is 4.54. The van der Waals surface area contributed by atoms with Crippen molar-refractivity contribution in [3.8, 4) is 6.07 Å². The summed E-state index contributed by atoms with van der Waals surface area (Å²) in [5.74, 6) is 0. The molecule has 1 heterocycles. The minimum absolute atomic E-state index is 0.180. The van der Waals surface area contributed by atoms with Crippen LogP contribution in [0.3, 0.4) is 0 Å². The van der Waals surface area contributed by atoms with Crippen LogP contribution in [0.15, 0.2) is 60.7 Å². The number of nitrogens with zero attached hydrogens (tertiary/aromatic N) is 4. The summed E-state index contributed by atoms with van der Waals surface area (Å²) >= 11 is 0. The van der Waals surface area contributed by atoms with E-state index < -0.39 is 15.6 Å². The van der Waals surface area contributed by atoms with Gasteiger partial charge in [0.15, 0.2) is 0 Å². The Balaban J connectivity index is 1.49. The first-order chi connectivity index (χ1) is 17.9. The Hall–Kier alpha value is -3.77. The fourth-order valence-corrected chi connectivity index (χ4v) is 5.43. The minimum atomic E-state index is -3.55. The van der Waals surface area contributed by atoms with Crippen molar-refractivity contribution in [2.75, 3.05) is 41.6 Å². The maximum absolute atomic E-state index is 12.8. The number of nitriles is 1. The number of hydrogen-bond acceptors (Lipinski definition) is 6. The highest BCUT2D eigenvalue weighted by atomic mass is 32.2. The Bertz CT molecular complexity index is 1460. The third kappa shape index (κ3) is 6.75. The molecule has 200 valence electrons. The van der Waals surface area contributed by atoms with Gasteiger partial charge in [0, 0.05) is 31.9 Å². The van der Waals surface area contributed by atoms with Crippen LogP contribution >= 0.6 is 0 Å². The standard InChI is InChI=1S/C29H34N4O4S/c1-29(2,3)37-28(34)32-15-5-14-31(16-17-32)26-10-12-27(13-11-26)33(38(4,35)36)21-23-7-9-24-8-6-22(20-30)18-25(24)19-23/h6-13,18-19H,5,14-17,21H2,1-4H3. The quantitative estimate of drug-likeness (QED) is 0.451. The molecule has 3 aromatic rings. The third-order valence-corrected chi connectivity index (χ3v) is 7.55. The minimum Gasteiger partial charge on any atom is -0.444 e. The lowest BCUT2D eigenvalue weighted by atomic mass is 10.0. The molecule has 1 saturated heterocycles. The molecule has 38 heavy (non-hydrogen) atoms. The molecule has 8 nitrogen and oxygen atoms in total. The fraction of sp³-hybridized carbons (Fsp3) is 0.379.